The van der Waals surface area contributed by atoms with Crippen molar-refractivity contribution < 1.29 is 8.42 Å². The molecule has 0 fully saturated rings. The molecule has 4 nitrogen and oxygen atoms in total. The molecule has 4 rings (SSSR count). The summed E-state index contributed by atoms with van der Waals surface area (Å²) in [6.45, 7) is 1.38. The van der Waals surface area contributed by atoms with Crippen molar-refractivity contribution in [2.45, 2.75) is 17.9 Å². The lowest BCUT2D eigenvalue weighted by atomic mass is 9.99. The SMILES string of the molecule is O=S(=O)(N=C(c1ccccc1)N1CCc2ccccc2C1)c1ccccc1. The van der Waals surface area contributed by atoms with Crippen molar-refractivity contribution in [3.63, 3.8) is 0 Å². The molecule has 0 bridgehead atoms. The summed E-state index contributed by atoms with van der Waals surface area (Å²) in [5, 5.41) is 0. The van der Waals surface area contributed by atoms with E-state index < -0.39 is 10.0 Å². The number of benzene rings is 3. The first kappa shape index (κ1) is 17.5. The van der Waals surface area contributed by atoms with Gasteiger partial charge in [-0.2, -0.15) is 8.42 Å². The van der Waals surface area contributed by atoms with Crippen LogP contribution in [0.2, 0.25) is 0 Å². The van der Waals surface area contributed by atoms with Gasteiger partial charge in [-0.1, -0.05) is 72.8 Å². The van der Waals surface area contributed by atoms with Gasteiger partial charge in [0.15, 0.2) is 0 Å². The second kappa shape index (κ2) is 7.37. The van der Waals surface area contributed by atoms with Gasteiger partial charge in [-0.15, -0.1) is 4.40 Å². The van der Waals surface area contributed by atoms with Crippen LogP contribution in [0, 0.1) is 0 Å². The van der Waals surface area contributed by atoms with Crippen LogP contribution in [0.3, 0.4) is 0 Å². The zero-order valence-corrected chi connectivity index (χ0v) is 15.6. The number of hydrogen-bond acceptors (Lipinski definition) is 2. The number of rotatable bonds is 3. The quantitative estimate of drug-likeness (QED) is 0.515. The molecule has 0 atom stereocenters. The summed E-state index contributed by atoms with van der Waals surface area (Å²) in [5.41, 5.74) is 3.33. The molecule has 0 unspecified atom stereocenters. The molecule has 0 N–H and O–H groups in total. The van der Waals surface area contributed by atoms with E-state index in [9.17, 15) is 8.42 Å². The average Bonchev–Trinajstić information content (AvgIpc) is 2.73. The van der Waals surface area contributed by atoms with Crippen LogP contribution >= 0.6 is 0 Å². The van der Waals surface area contributed by atoms with Gasteiger partial charge in [0.2, 0.25) is 0 Å². The molecular formula is C22H20N2O2S. The molecule has 1 aliphatic rings. The molecule has 1 aliphatic heterocycles. The summed E-state index contributed by atoms with van der Waals surface area (Å²) < 4.78 is 30.0. The van der Waals surface area contributed by atoms with Gasteiger partial charge < -0.3 is 4.90 Å². The van der Waals surface area contributed by atoms with Crippen LogP contribution in [0.5, 0.6) is 0 Å². The maximum Gasteiger partial charge on any atom is 0.284 e. The van der Waals surface area contributed by atoms with Gasteiger partial charge in [0, 0.05) is 18.7 Å². The molecule has 0 saturated heterocycles. The number of nitrogens with zero attached hydrogens (tertiary/aromatic N) is 2. The Bertz CT molecular complexity index is 1060. The highest BCUT2D eigenvalue weighted by Crippen LogP contribution is 2.22. The van der Waals surface area contributed by atoms with Gasteiger partial charge in [-0.3, -0.25) is 0 Å². The molecule has 0 radical (unpaired) electrons. The fraction of sp³-hybridized carbons (Fsp3) is 0.136. The Balaban J connectivity index is 1.77. The maximum atomic E-state index is 12.9. The molecule has 0 aromatic heterocycles. The molecule has 0 saturated carbocycles. The summed E-state index contributed by atoms with van der Waals surface area (Å²) in [7, 11) is -3.79. The van der Waals surface area contributed by atoms with Crippen LogP contribution in [0.1, 0.15) is 16.7 Å². The lowest BCUT2D eigenvalue weighted by Crippen LogP contribution is -2.37. The largest absolute Gasteiger partial charge is 0.351 e. The van der Waals surface area contributed by atoms with E-state index in [1.165, 1.54) is 11.1 Å². The highest BCUT2D eigenvalue weighted by molar-refractivity contribution is 7.90. The highest BCUT2D eigenvalue weighted by atomic mass is 32.2. The minimum atomic E-state index is -3.79. The second-order valence-corrected chi connectivity index (χ2v) is 8.11. The van der Waals surface area contributed by atoms with Crippen molar-refractivity contribution in [2.75, 3.05) is 6.54 Å². The summed E-state index contributed by atoms with van der Waals surface area (Å²) in [5.74, 6) is 0.494. The van der Waals surface area contributed by atoms with Crippen LogP contribution in [-0.2, 0) is 23.0 Å². The lowest BCUT2D eigenvalue weighted by molar-refractivity contribution is 0.395. The smallest absolute Gasteiger partial charge is 0.284 e. The van der Waals surface area contributed by atoms with E-state index in [2.05, 4.69) is 21.4 Å². The first-order chi connectivity index (χ1) is 13.1. The molecule has 5 heteroatoms. The lowest BCUT2D eigenvalue weighted by Gasteiger charge is -2.31. The van der Waals surface area contributed by atoms with Crippen molar-refractivity contribution in [1.29, 1.82) is 0 Å². The third-order valence-electron chi connectivity index (χ3n) is 4.71. The van der Waals surface area contributed by atoms with Crippen LogP contribution in [0.15, 0.2) is 94.2 Å². The maximum absolute atomic E-state index is 12.9. The van der Waals surface area contributed by atoms with Gasteiger partial charge in [-0.25, -0.2) is 0 Å². The zero-order valence-electron chi connectivity index (χ0n) is 14.8. The highest BCUT2D eigenvalue weighted by Gasteiger charge is 2.23. The van der Waals surface area contributed by atoms with E-state index in [1.807, 2.05) is 42.5 Å². The van der Waals surface area contributed by atoms with Gasteiger partial charge >= 0.3 is 0 Å². The number of sulfonamides is 1. The normalized spacial score (nSPS) is 14.7. The molecule has 3 aromatic carbocycles. The predicted molar refractivity (Wildman–Crippen MR) is 107 cm³/mol. The molecule has 3 aromatic rings. The van der Waals surface area contributed by atoms with Crippen molar-refractivity contribution in [3.05, 3.63) is 102 Å². The van der Waals surface area contributed by atoms with Crippen LogP contribution in [-0.4, -0.2) is 25.7 Å². The fourth-order valence-electron chi connectivity index (χ4n) is 3.32. The fourth-order valence-corrected chi connectivity index (χ4v) is 4.37. The van der Waals surface area contributed by atoms with Crippen molar-refractivity contribution in [3.8, 4) is 0 Å². The molecule has 0 spiro atoms. The Morgan fingerprint density at radius 2 is 1.37 bits per heavy atom. The minimum Gasteiger partial charge on any atom is -0.351 e. The third kappa shape index (κ3) is 3.78. The van der Waals surface area contributed by atoms with Gasteiger partial charge in [0.25, 0.3) is 10.0 Å². The van der Waals surface area contributed by atoms with Crippen molar-refractivity contribution in [2.24, 2.45) is 4.40 Å². The molecule has 136 valence electrons. The summed E-state index contributed by atoms with van der Waals surface area (Å²) in [4.78, 5) is 2.26. The van der Waals surface area contributed by atoms with E-state index >= 15 is 0 Å². The Morgan fingerprint density at radius 3 is 2.07 bits per heavy atom. The minimum absolute atomic E-state index is 0.204. The first-order valence-electron chi connectivity index (χ1n) is 8.91. The Morgan fingerprint density at radius 1 is 0.778 bits per heavy atom. The van der Waals surface area contributed by atoms with E-state index in [0.717, 1.165) is 18.5 Å². The topological polar surface area (TPSA) is 49.7 Å². The van der Waals surface area contributed by atoms with Crippen LogP contribution in [0.4, 0.5) is 0 Å². The summed E-state index contributed by atoms with van der Waals surface area (Å²) in [6, 6.07) is 26.2. The van der Waals surface area contributed by atoms with Gasteiger partial charge in [0.1, 0.15) is 5.84 Å². The molecular weight excluding hydrogens is 356 g/mol. The van der Waals surface area contributed by atoms with E-state index in [4.69, 9.17) is 0 Å². The number of amidine groups is 1. The first-order valence-corrected chi connectivity index (χ1v) is 10.3. The van der Waals surface area contributed by atoms with Gasteiger partial charge in [0.05, 0.1) is 4.90 Å². The zero-order chi connectivity index (χ0) is 18.7. The molecule has 1 heterocycles. The Kier molecular flexibility index (Phi) is 4.77. The number of hydrogen-bond donors (Lipinski definition) is 0. The van der Waals surface area contributed by atoms with Crippen LogP contribution < -0.4 is 0 Å². The molecule has 0 amide bonds. The third-order valence-corrected chi connectivity index (χ3v) is 5.99. The van der Waals surface area contributed by atoms with Crippen molar-refractivity contribution in [1.82, 2.24) is 4.90 Å². The van der Waals surface area contributed by atoms with Gasteiger partial charge in [-0.05, 0) is 29.7 Å². The molecule has 27 heavy (non-hydrogen) atoms. The predicted octanol–water partition coefficient (Wildman–Crippen LogP) is 3.88. The van der Waals surface area contributed by atoms with E-state index in [-0.39, 0.29) is 4.90 Å². The number of fused-ring (bicyclic) bond motifs is 1. The summed E-state index contributed by atoms with van der Waals surface area (Å²) >= 11 is 0. The van der Waals surface area contributed by atoms with E-state index in [0.29, 0.717) is 12.4 Å². The standard InChI is InChI=1S/C22H20N2O2S/c25-27(26,21-13-5-2-6-14-21)23-22(19-10-3-1-4-11-19)24-16-15-18-9-7-8-12-20(18)17-24/h1-14H,15-17H2. The summed E-state index contributed by atoms with van der Waals surface area (Å²) in [6.07, 6.45) is 0.868. The Labute approximate surface area is 159 Å². The Hall–Kier alpha value is -2.92. The second-order valence-electron chi connectivity index (χ2n) is 6.51. The average molecular weight is 376 g/mol. The van der Waals surface area contributed by atoms with Crippen molar-refractivity contribution >= 4 is 15.9 Å². The monoisotopic (exact) mass is 376 g/mol. The van der Waals surface area contributed by atoms with Crippen LogP contribution in [0.25, 0.3) is 0 Å². The van der Waals surface area contributed by atoms with E-state index in [1.54, 1.807) is 30.3 Å². The molecule has 0 aliphatic carbocycles.